The minimum atomic E-state index is -0.399. The van der Waals surface area contributed by atoms with Crippen molar-refractivity contribution in [3.05, 3.63) is 24.2 Å². The van der Waals surface area contributed by atoms with Crippen LogP contribution in [0.3, 0.4) is 0 Å². The molecule has 1 heterocycles. The Bertz CT molecular complexity index is 309. The number of amides is 1. The average Bonchev–Trinajstić information content (AvgIpc) is 2.70. The standard InChI is InChI=1S/C12H20N2O2/c1-3-5-11(13)12(15)14-9(2)8-10-6-4-7-16-10/h4,6-7,9,11H,3,5,8,13H2,1-2H3,(H,14,15). The summed E-state index contributed by atoms with van der Waals surface area (Å²) in [5.74, 6) is 0.790. The molecule has 1 aromatic heterocycles. The summed E-state index contributed by atoms with van der Waals surface area (Å²) in [4.78, 5) is 11.6. The summed E-state index contributed by atoms with van der Waals surface area (Å²) in [6.45, 7) is 3.96. The number of carbonyl (C=O) groups is 1. The molecule has 0 saturated heterocycles. The summed E-state index contributed by atoms with van der Waals surface area (Å²) in [6.07, 6.45) is 3.96. The molecule has 1 rings (SSSR count). The molecule has 0 aliphatic rings. The van der Waals surface area contributed by atoms with Gasteiger partial charge >= 0.3 is 0 Å². The Kier molecular flexibility index (Phi) is 5.05. The first-order chi connectivity index (χ1) is 7.63. The van der Waals surface area contributed by atoms with Gasteiger partial charge in [-0.1, -0.05) is 13.3 Å². The zero-order valence-electron chi connectivity index (χ0n) is 9.90. The van der Waals surface area contributed by atoms with Crippen molar-refractivity contribution in [2.45, 2.75) is 45.2 Å². The van der Waals surface area contributed by atoms with Crippen molar-refractivity contribution in [1.29, 1.82) is 0 Å². The fraction of sp³-hybridized carbons (Fsp3) is 0.583. The van der Waals surface area contributed by atoms with E-state index < -0.39 is 6.04 Å². The van der Waals surface area contributed by atoms with Crippen molar-refractivity contribution in [2.24, 2.45) is 5.73 Å². The lowest BCUT2D eigenvalue weighted by molar-refractivity contribution is -0.123. The van der Waals surface area contributed by atoms with Gasteiger partial charge in [0.2, 0.25) is 5.91 Å². The molecule has 0 aliphatic heterocycles. The summed E-state index contributed by atoms with van der Waals surface area (Å²) in [6, 6.07) is 3.38. The van der Waals surface area contributed by atoms with Gasteiger partial charge in [0, 0.05) is 12.5 Å². The molecule has 1 aromatic rings. The van der Waals surface area contributed by atoms with Gasteiger partial charge in [-0.05, 0) is 25.5 Å². The van der Waals surface area contributed by atoms with Crippen LogP contribution in [0, 0.1) is 0 Å². The molecule has 0 bridgehead atoms. The van der Waals surface area contributed by atoms with Gasteiger partial charge in [0.05, 0.1) is 12.3 Å². The molecule has 16 heavy (non-hydrogen) atoms. The molecule has 0 aromatic carbocycles. The van der Waals surface area contributed by atoms with Crippen molar-refractivity contribution >= 4 is 5.91 Å². The summed E-state index contributed by atoms with van der Waals surface area (Å²) in [5, 5.41) is 2.88. The van der Waals surface area contributed by atoms with E-state index in [1.807, 2.05) is 26.0 Å². The van der Waals surface area contributed by atoms with Crippen LogP contribution in [0.15, 0.2) is 22.8 Å². The van der Waals surface area contributed by atoms with Gasteiger partial charge in [-0.25, -0.2) is 0 Å². The minimum Gasteiger partial charge on any atom is -0.469 e. The van der Waals surface area contributed by atoms with Gasteiger partial charge in [-0.15, -0.1) is 0 Å². The van der Waals surface area contributed by atoms with Gasteiger partial charge in [0.1, 0.15) is 5.76 Å². The van der Waals surface area contributed by atoms with Crippen LogP contribution in [0.2, 0.25) is 0 Å². The summed E-state index contributed by atoms with van der Waals surface area (Å²) < 4.78 is 5.21. The lowest BCUT2D eigenvalue weighted by Gasteiger charge is -2.16. The van der Waals surface area contributed by atoms with Crippen molar-refractivity contribution < 1.29 is 9.21 Å². The monoisotopic (exact) mass is 224 g/mol. The SMILES string of the molecule is CCCC(N)C(=O)NC(C)Cc1ccco1. The number of nitrogens with two attached hydrogens (primary N) is 1. The maximum Gasteiger partial charge on any atom is 0.237 e. The predicted octanol–water partition coefficient (Wildman–Crippen LogP) is 1.45. The Morgan fingerprint density at radius 1 is 1.62 bits per heavy atom. The Hall–Kier alpha value is -1.29. The molecule has 4 nitrogen and oxygen atoms in total. The molecule has 0 spiro atoms. The van der Waals surface area contributed by atoms with Gasteiger partial charge in [-0.2, -0.15) is 0 Å². The molecular weight excluding hydrogens is 204 g/mol. The highest BCUT2D eigenvalue weighted by Gasteiger charge is 2.15. The molecule has 0 radical (unpaired) electrons. The normalized spacial score (nSPS) is 14.4. The third-order valence-corrected chi connectivity index (χ3v) is 2.41. The van der Waals surface area contributed by atoms with E-state index in [0.717, 1.165) is 18.6 Å². The van der Waals surface area contributed by atoms with E-state index in [1.54, 1.807) is 6.26 Å². The van der Waals surface area contributed by atoms with Crippen LogP contribution in [0.25, 0.3) is 0 Å². The summed E-state index contributed by atoms with van der Waals surface area (Å²) in [5.41, 5.74) is 5.71. The first-order valence-corrected chi connectivity index (χ1v) is 5.71. The molecular formula is C12H20N2O2. The Morgan fingerprint density at radius 3 is 2.94 bits per heavy atom. The predicted molar refractivity (Wildman–Crippen MR) is 62.9 cm³/mol. The van der Waals surface area contributed by atoms with E-state index in [9.17, 15) is 4.79 Å². The highest BCUT2D eigenvalue weighted by Crippen LogP contribution is 2.04. The second-order valence-corrected chi connectivity index (χ2v) is 4.09. The van der Waals surface area contributed by atoms with Crippen LogP contribution in [0.1, 0.15) is 32.4 Å². The van der Waals surface area contributed by atoms with E-state index in [0.29, 0.717) is 6.42 Å². The molecule has 90 valence electrons. The zero-order chi connectivity index (χ0) is 12.0. The van der Waals surface area contributed by atoms with E-state index in [1.165, 1.54) is 0 Å². The Labute approximate surface area is 96.2 Å². The number of hydrogen-bond donors (Lipinski definition) is 2. The van der Waals surface area contributed by atoms with Crippen molar-refractivity contribution in [1.82, 2.24) is 5.32 Å². The molecule has 0 aliphatic carbocycles. The lowest BCUT2D eigenvalue weighted by Crippen LogP contribution is -2.44. The van der Waals surface area contributed by atoms with Crippen molar-refractivity contribution in [3.63, 3.8) is 0 Å². The maximum absolute atomic E-state index is 11.6. The van der Waals surface area contributed by atoms with Crippen LogP contribution >= 0.6 is 0 Å². The molecule has 0 fully saturated rings. The quantitative estimate of drug-likeness (QED) is 0.768. The number of furan rings is 1. The molecule has 4 heteroatoms. The fourth-order valence-corrected chi connectivity index (χ4v) is 1.57. The van der Waals surface area contributed by atoms with Gasteiger partial charge in [0.15, 0.2) is 0 Å². The Morgan fingerprint density at radius 2 is 2.38 bits per heavy atom. The van der Waals surface area contributed by atoms with E-state index in [4.69, 9.17) is 10.2 Å². The second kappa shape index (κ2) is 6.33. The first-order valence-electron chi connectivity index (χ1n) is 5.71. The summed E-state index contributed by atoms with van der Waals surface area (Å²) in [7, 11) is 0. The van der Waals surface area contributed by atoms with E-state index in [2.05, 4.69) is 5.32 Å². The van der Waals surface area contributed by atoms with Crippen LogP contribution in [-0.2, 0) is 11.2 Å². The van der Waals surface area contributed by atoms with E-state index in [-0.39, 0.29) is 11.9 Å². The number of nitrogens with one attached hydrogen (secondary N) is 1. The largest absolute Gasteiger partial charge is 0.469 e. The van der Waals surface area contributed by atoms with Crippen molar-refractivity contribution in [3.8, 4) is 0 Å². The molecule has 3 N–H and O–H groups in total. The van der Waals surface area contributed by atoms with Gasteiger partial charge in [0.25, 0.3) is 0 Å². The number of carbonyl (C=O) groups excluding carboxylic acids is 1. The summed E-state index contributed by atoms with van der Waals surface area (Å²) >= 11 is 0. The van der Waals surface area contributed by atoms with Gasteiger partial charge < -0.3 is 15.5 Å². The van der Waals surface area contributed by atoms with Crippen LogP contribution < -0.4 is 11.1 Å². The third kappa shape index (κ3) is 4.06. The lowest BCUT2D eigenvalue weighted by atomic mass is 10.1. The third-order valence-electron chi connectivity index (χ3n) is 2.41. The Balaban J connectivity index is 2.33. The molecule has 1 amide bonds. The topological polar surface area (TPSA) is 68.3 Å². The van der Waals surface area contributed by atoms with E-state index >= 15 is 0 Å². The van der Waals surface area contributed by atoms with Crippen molar-refractivity contribution in [2.75, 3.05) is 0 Å². The highest BCUT2D eigenvalue weighted by atomic mass is 16.3. The van der Waals surface area contributed by atoms with Crippen LogP contribution in [0.4, 0.5) is 0 Å². The van der Waals surface area contributed by atoms with Crippen LogP contribution in [-0.4, -0.2) is 18.0 Å². The van der Waals surface area contributed by atoms with Gasteiger partial charge in [-0.3, -0.25) is 4.79 Å². The van der Waals surface area contributed by atoms with Crippen LogP contribution in [0.5, 0.6) is 0 Å². The fourth-order valence-electron chi connectivity index (χ4n) is 1.57. The molecule has 2 unspecified atom stereocenters. The number of hydrogen-bond acceptors (Lipinski definition) is 3. The molecule has 0 saturated carbocycles. The molecule has 2 atom stereocenters. The number of rotatable bonds is 6. The highest BCUT2D eigenvalue weighted by molar-refractivity contribution is 5.81. The smallest absolute Gasteiger partial charge is 0.237 e. The zero-order valence-corrected chi connectivity index (χ0v) is 9.90. The maximum atomic E-state index is 11.6. The average molecular weight is 224 g/mol. The minimum absolute atomic E-state index is 0.0431. The first kappa shape index (κ1) is 12.8. The second-order valence-electron chi connectivity index (χ2n) is 4.09.